The fourth-order valence-corrected chi connectivity index (χ4v) is 7.80. The van der Waals surface area contributed by atoms with Gasteiger partial charge < -0.3 is 58.9 Å². The van der Waals surface area contributed by atoms with Crippen LogP contribution in [-0.4, -0.2) is 196 Å². The van der Waals surface area contributed by atoms with E-state index in [0.717, 1.165) is 51.0 Å². The molecule has 0 aliphatic carbocycles. The number of nitrogens with zero attached hydrogens (tertiary/aromatic N) is 5. The second kappa shape index (κ2) is 29.7. The Hall–Kier alpha value is -5.05. The highest BCUT2D eigenvalue weighted by molar-refractivity contribution is 6.08. The maximum absolute atomic E-state index is 13.8. The van der Waals surface area contributed by atoms with Crippen LogP contribution in [0.2, 0.25) is 0 Å². The summed E-state index contributed by atoms with van der Waals surface area (Å²) in [6.45, 7) is 10.3. The lowest BCUT2D eigenvalue weighted by Gasteiger charge is -2.29. The molecule has 1 atom stereocenters. The number of nitrogens with one attached hydrogen (secondary N) is 1. The van der Waals surface area contributed by atoms with Gasteiger partial charge in [0.25, 0.3) is 11.8 Å². The van der Waals surface area contributed by atoms with Gasteiger partial charge in [-0.2, -0.15) is 0 Å². The van der Waals surface area contributed by atoms with Crippen LogP contribution in [0.15, 0.2) is 60.8 Å². The quantitative estimate of drug-likeness (QED) is 0.0884. The molecule has 5 rings (SSSR count). The number of pyridine rings is 1. The fourth-order valence-electron chi connectivity index (χ4n) is 7.80. The molecule has 3 aromatic rings. The number of aromatic nitrogens is 1. The molecule has 3 heterocycles. The largest absolute Gasteiger partial charge is 0.382 e. The van der Waals surface area contributed by atoms with E-state index in [9.17, 15) is 19.2 Å². The lowest BCUT2D eigenvalue weighted by Crippen LogP contribution is -2.47. The minimum absolute atomic E-state index is 0.0302. The van der Waals surface area contributed by atoms with Gasteiger partial charge in [-0.1, -0.05) is 6.07 Å². The van der Waals surface area contributed by atoms with E-state index >= 15 is 0 Å². The van der Waals surface area contributed by atoms with Gasteiger partial charge in [-0.3, -0.25) is 29.1 Å². The maximum Gasteiger partial charge on any atom is 0.255 e. The van der Waals surface area contributed by atoms with Crippen LogP contribution >= 0.6 is 0 Å². The highest BCUT2D eigenvalue weighted by Crippen LogP contribution is 2.33. The Bertz CT molecular complexity index is 1980. The molecule has 368 valence electrons. The number of hydrogen-bond acceptors (Lipinski definition) is 14. The van der Waals surface area contributed by atoms with Gasteiger partial charge in [0.1, 0.15) is 0 Å². The molecule has 0 saturated carbocycles. The average molecular weight is 934 g/mol. The van der Waals surface area contributed by atoms with Gasteiger partial charge in [-0.25, -0.2) is 0 Å². The van der Waals surface area contributed by atoms with Gasteiger partial charge in [0.2, 0.25) is 11.8 Å². The number of nitrogens with two attached hydrogens (primary N) is 1. The molecular formula is C49H71N7O11. The smallest absolute Gasteiger partial charge is 0.255 e. The Balaban J connectivity index is 0.991. The first-order valence-corrected chi connectivity index (χ1v) is 23.4. The zero-order valence-electron chi connectivity index (χ0n) is 39.6. The number of rotatable bonds is 31. The molecule has 2 fully saturated rings. The van der Waals surface area contributed by atoms with E-state index in [4.69, 9.17) is 38.9 Å². The van der Waals surface area contributed by atoms with Gasteiger partial charge in [0.05, 0.1) is 103 Å². The number of ether oxygens (including phenoxy) is 7. The first-order chi connectivity index (χ1) is 32.7. The van der Waals surface area contributed by atoms with E-state index in [1.165, 1.54) is 12.6 Å². The van der Waals surface area contributed by atoms with Crippen molar-refractivity contribution in [1.29, 1.82) is 0 Å². The molecule has 0 radical (unpaired) electrons. The summed E-state index contributed by atoms with van der Waals surface area (Å²) in [7, 11) is 5.15. The topological polar surface area (TPSA) is 197 Å². The van der Waals surface area contributed by atoms with Crippen molar-refractivity contribution >= 4 is 35.0 Å². The number of carbonyl (C=O) groups is 4. The summed E-state index contributed by atoms with van der Waals surface area (Å²) in [6, 6.07) is 15.3. The molecule has 1 aromatic heterocycles. The number of piperidine rings is 1. The van der Waals surface area contributed by atoms with Gasteiger partial charge in [-0.15, -0.1) is 0 Å². The van der Waals surface area contributed by atoms with Crippen molar-refractivity contribution in [2.75, 3.05) is 157 Å². The number of methoxy groups -OCH3 is 1. The number of carbonyl (C=O) groups excluding carboxylic acids is 4. The molecule has 0 unspecified atom stereocenters. The van der Waals surface area contributed by atoms with Crippen LogP contribution in [0, 0.1) is 0 Å². The summed E-state index contributed by atoms with van der Waals surface area (Å²) >= 11 is 0. The molecule has 18 nitrogen and oxygen atoms in total. The number of benzene rings is 2. The number of hydrogen-bond donors (Lipinski definition) is 2. The Morgan fingerprint density at radius 2 is 1.28 bits per heavy atom. The monoisotopic (exact) mass is 934 g/mol. The van der Waals surface area contributed by atoms with E-state index in [1.807, 2.05) is 18.2 Å². The fraction of sp³-hybridized carbons (Fsp3) is 0.571. The van der Waals surface area contributed by atoms with Crippen LogP contribution in [0.25, 0.3) is 11.3 Å². The molecule has 2 aliphatic rings. The van der Waals surface area contributed by atoms with Crippen LogP contribution in [0.4, 0.5) is 11.4 Å². The van der Waals surface area contributed by atoms with Crippen molar-refractivity contribution in [3.8, 4) is 11.3 Å². The average Bonchev–Trinajstić information content (AvgIpc) is 3.83. The molecule has 4 amide bonds. The number of primary amides is 1. The van der Waals surface area contributed by atoms with Crippen molar-refractivity contribution < 1.29 is 52.3 Å². The normalized spacial score (nSPS) is 15.1. The summed E-state index contributed by atoms with van der Waals surface area (Å²) in [4.78, 5) is 65.3. The van der Waals surface area contributed by atoms with Gasteiger partial charge >= 0.3 is 0 Å². The predicted octanol–water partition coefficient (Wildman–Crippen LogP) is 3.83. The van der Waals surface area contributed by atoms with E-state index in [0.29, 0.717) is 139 Å². The number of amides is 4. The Kier molecular flexibility index (Phi) is 23.4. The second-order valence-corrected chi connectivity index (χ2v) is 16.5. The van der Waals surface area contributed by atoms with Crippen molar-refractivity contribution in [2.24, 2.45) is 5.73 Å². The number of anilines is 2. The maximum atomic E-state index is 13.8. The SMILES string of the molecule is COCCOCCOCCOCCOCCOCCOCCN(C)C(=O)[C@@H]1CCCN1CCN(C)C(=O)c1cccc(C(=O)Nc2ccc(N3CCCCC3)cc2-c2cc(C(N)=O)ccn2)c1. The molecule has 0 spiro atoms. The molecule has 2 aromatic carbocycles. The Labute approximate surface area is 395 Å². The third-order valence-electron chi connectivity index (χ3n) is 11.6. The van der Waals surface area contributed by atoms with Crippen molar-refractivity contribution in [3.05, 3.63) is 77.5 Å². The highest BCUT2D eigenvalue weighted by atomic mass is 16.6. The summed E-state index contributed by atoms with van der Waals surface area (Å²) < 4.78 is 38.0. The van der Waals surface area contributed by atoms with E-state index in [1.54, 1.807) is 67.4 Å². The molecule has 3 N–H and O–H groups in total. The third kappa shape index (κ3) is 17.8. The number of likely N-dealkylation sites (N-methyl/N-ethyl adjacent to an activating group) is 2. The van der Waals surface area contributed by atoms with Crippen LogP contribution in [0.1, 0.15) is 63.2 Å². The minimum Gasteiger partial charge on any atom is -0.382 e. The Morgan fingerprint density at radius 3 is 1.91 bits per heavy atom. The first-order valence-electron chi connectivity index (χ1n) is 23.4. The second-order valence-electron chi connectivity index (χ2n) is 16.5. The zero-order valence-corrected chi connectivity index (χ0v) is 39.6. The molecule has 2 saturated heterocycles. The predicted molar refractivity (Wildman–Crippen MR) is 255 cm³/mol. The lowest BCUT2D eigenvalue weighted by molar-refractivity contribution is -0.135. The molecule has 0 bridgehead atoms. The molecule has 67 heavy (non-hydrogen) atoms. The summed E-state index contributed by atoms with van der Waals surface area (Å²) in [5.74, 6) is -1.17. The van der Waals surface area contributed by atoms with Crippen molar-refractivity contribution in [2.45, 2.75) is 38.1 Å². The van der Waals surface area contributed by atoms with Crippen LogP contribution in [0.3, 0.4) is 0 Å². The first kappa shape index (κ1) is 52.9. The van der Waals surface area contributed by atoms with E-state index in [-0.39, 0.29) is 17.9 Å². The van der Waals surface area contributed by atoms with E-state index < -0.39 is 11.8 Å². The van der Waals surface area contributed by atoms with E-state index in [2.05, 4.69) is 20.1 Å². The molecular weight excluding hydrogens is 863 g/mol. The van der Waals surface area contributed by atoms with Crippen LogP contribution in [0.5, 0.6) is 0 Å². The van der Waals surface area contributed by atoms with Gasteiger partial charge in [0, 0.05) is 88.1 Å². The summed E-state index contributed by atoms with van der Waals surface area (Å²) in [5.41, 5.74) is 9.25. The summed E-state index contributed by atoms with van der Waals surface area (Å²) in [5, 5.41) is 3.02. The highest BCUT2D eigenvalue weighted by Gasteiger charge is 2.32. The molecule has 2 aliphatic heterocycles. The number of likely N-dealkylation sites (tertiary alicyclic amines) is 1. The van der Waals surface area contributed by atoms with Crippen molar-refractivity contribution in [1.82, 2.24) is 19.7 Å². The Morgan fingerprint density at radius 1 is 0.672 bits per heavy atom. The van der Waals surface area contributed by atoms with Crippen LogP contribution < -0.4 is 16.0 Å². The van der Waals surface area contributed by atoms with Gasteiger partial charge in [0.15, 0.2) is 0 Å². The van der Waals surface area contributed by atoms with Crippen molar-refractivity contribution in [3.63, 3.8) is 0 Å². The minimum atomic E-state index is -0.571. The third-order valence-corrected chi connectivity index (χ3v) is 11.6. The zero-order chi connectivity index (χ0) is 47.6. The van der Waals surface area contributed by atoms with Crippen LogP contribution in [-0.2, 0) is 38.0 Å². The lowest BCUT2D eigenvalue weighted by atomic mass is 10.0. The molecule has 18 heteroatoms. The standard InChI is InChI=1S/C49H71N7O11/c1-53(19-20-56-18-8-11-45(56)49(60)54(2)21-22-62-25-26-64-29-30-66-33-34-67-32-31-65-28-27-63-24-23-61-3)48(59)40-10-7-9-39(35-40)47(58)52-43-13-12-41(55-16-5-4-6-17-55)37-42(43)44-36-38(46(50)57)14-15-51-44/h7,9-10,12-15,35-37,45H,4-6,8,11,16-34H2,1-3H3,(H2,50,57)(H,52,58)/t45-/m0/s1. The summed E-state index contributed by atoms with van der Waals surface area (Å²) in [6.07, 6.45) is 6.55. The van der Waals surface area contributed by atoms with Gasteiger partial charge in [-0.05, 0) is 87.2 Å².